The van der Waals surface area contributed by atoms with Crippen molar-refractivity contribution in [3.05, 3.63) is 35.9 Å². The predicted molar refractivity (Wildman–Crippen MR) is 106 cm³/mol. The molecular formula is C21H28N4O4. The van der Waals surface area contributed by atoms with Crippen LogP contribution in [0.5, 0.6) is 0 Å². The fourth-order valence-electron chi connectivity index (χ4n) is 3.66. The summed E-state index contributed by atoms with van der Waals surface area (Å²) in [6, 6.07) is 9.49. The van der Waals surface area contributed by atoms with Crippen molar-refractivity contribution in [1.29, 1.82) is 5.26 Å². The van der Waals surface area contributed by atoms with E-state index in [1.807, 2.05) is 30.3 Å². The van der Waals surface area contributed by atoms with Gasteiger partial charge < -0.3 is 20.7 Å². The molecule has 1 aliphatic carbocycles. The molecule has 0 bridgehead atoms. The summed E-state index contributed by atoms with van der Waals surface area (Å²) < 4.78 is 5.34. The fourth-order valence-corrected chi connectivity index (χ4v) is 3.66. The summed E-state index contributed by atoms with van der Waals surface area (Å²) >= 11 is 0. The van der Waals surface area contributed by atoms with Gasteiger partial charge in [0.1, 0.15) is 11.6 Å². The van der Waals surface area contributed by atoms with E-state index in [0.717, 1.165) is 24.8 Å². The second-order valence-electron chi connectivity index (χ2n) is 7.43. The Morgan fingerprint density at radius 1 is 1.24 bits per heavy atom. The molecule has 0 radical (unpaired) electrons. The Hall–Kier alpha value is -3.08. The Labute approximate surface area is 171 Å². The third-order valence-electron chi connectivity index (χ3n) is 5.39. The lowest BCUT2D eigenvalue weighted by Gasteiger charge is -2.40. The van der Waals surface area contributed by atoms with Crippen molar-refractivity contribution in [3.8, 4) is 6.07 Å². The van der Waals surface area contributed by atoms with Crippen LogP contribution in [-0.4, -0.2) is 47.5 Å². The number of nitriles is 1. The van der Waals surface area contributed by atoms with E-state index in [1.54, 1.807) is 7.05 Å². The summed E-state index contributed by atoms with van der Waals surface area (Å²) in [5.74, 6) is -1.20. The molecular weight excluding hydrogens is 372 g/mol. The Balaban J connectivity index is 2.06. The van der Waals surface area contributed by atoms with Crippen molar-refractivity contribution in [2.24, 2.45) is 5.73 Å². The smallest absolute Gasteiger partial charge is 0.329 e. The summed E-state index contributed by atoms with van der Waals surface area (Å²) in [4.78, 5) is 38.2. The van der Waals surface area contributed by atoms with Crippen LogP contribution < -0.4 is 11.1 Å². The molecule has 1 saturated carbocycles. The molecule has 0 aliphatic heterocycles. The molecule has 1 aromatic rings. The van der Waals surface area contributed by atoms with Gasteiger partial charge in [0.25, 0.3) is 5.91 Å². The zero-order chi connectivity index (χ0) is 21.4. The number of nitrogens with zero attached hydrogens (tertiary/aromatic N) is 2. The number of primary amides is 1. The zero-order valence-electron chi connectivity index (χ0n) is 16.9. The summed E-state index contributed by atoms with van der Waals surface area (Å²) in [6.07, 6.45) is 3.09. The van der Waals surface area contributed by atoms with Gasteiger partial charge in [-0.1, -0.05) is 49.6 Å². The van der Waals surface area contributed by atoms with Crippen LogP contribution in [0.3, 0.4) is 0 Å². The highest BCUT2D eigenvalue weighted by molar-refractivity contribution is 5.87. The van der Waals surface area contributed by atoms with E-state index < -0.39 is 35.6 Å². The Morgan fingerprint density at radius 3 is 2.41 bits per heavy atom. The lowest BCUT2D eigenvalue weighted by atomic mass is 9.81. The van der Waals surface area contributed by atoms with Gasteiger partial charge in [-0.05, 0) is 25.3 Å². The maximum Gasteiger partial charge on any atom is 0.329 e. The maximum absolute atomic E-state index is 12.8. The molecule has 1 aromatic carbocycles. The number of hydrogen-bond acceptors (Lipinski definition) is 5. The highest BCUT2D eigenvalue weighted by atomic mass is 16.5. The maximum atomic E-state index is 12.8. The molecule has 3 amide bonds. The number of ether oxygens (including phenoxy) is 1. The van der Waals surface area contributed by atoms with Gasteiger partial charge in [0, 0.05) is 13.5 Å². The van der Waals surface area contributed by atoms with Crippen LogP contribution in [-0.2, 0) is 20.7 Å². The molecule has 29 heavy (non-hydrogen) atoms. The molecule has 156 valence electrons. The molecule has 1 aliphatic rings. The second kappa shape index (κ2) is 9.92. The van der Waals surface area contributed by atoms with E-state index in [-0.39, 0.29) is 6.42 Å². The molecule has 3 N–H and O–H groups in total. The van der Waals surface area contributed by atoms with E-state index >= 15 is 0 Å². The Bertz CT molecular complexity index is 769. The van der Waals surface area contributed by atoms with Gasteiger partial charge >= 0.3 is 12.0 Å². The number of nitrogens with one attached hydrogen (secondary N) is 1. The van der Waals surface area contributed by atoms with Gasteiger partial charge in [-0.15, -0.1) is 0 Å². The van der Waals surface area contributed by atoms with Crippen LogP contribution in [0.1, 0.15) is 44.6 Å². The number of likely N-dealkylation sites (N-methyl/N-ethyl adjacent to an activating group) is 1. The number of hydrogen-bond donors (Lipinski definition) is 2. The standard InChI is InChI=1S/C21H28N4O4/c1-15(18(26)25(2)21(14-22)11-7-4-8-12-21)29-19(27)17(24-20(23)28)13-16-9-5-3-6-10-16/h3,5-6,9-10,15,17H,4,7-8,11-13H2,1-2H3,(H3,23,24,28)/t15-,17-/m0/s1. The van der Waals surface area contributed by atoms with Crippen LogP contribution in [0, 0.1) is 11.3 Å². The van der Waals surface area contributed by atoms with Gasteiger partial charge in [-0.2, -0.15) is 5.26 Å². The molecule has 0 saturated heterocycles. The van der Waals surface area contributed by atoms with Crippen LogP contribution in [0.2, 0.25) is 0 Å². The van der Waals surface area contributed by atoms with Crippen LogP contribution in [0.15, 0.2) is 30.3 Å². The van der Waals surface area contributed by atoms with Crippen molar-refractivity contribution < 1.29 is 19.1 Å². The summed E-state index contributed by atoms with van der Waals surface area (Å²) in [5, 5.41) is 12.0. The number of carbonyl (C=O) groups is 3. The van der Waals surface area contributed by atoms with Crippen molar-refractivity contribution >= 4 is 17.9 Å². The number of amides is 3. The minimum atomic E-state index is -1.09. The number of urea groups is 1. The van der Waals surface area contributed by atoms with Crippen LogP contribution in [0.25, 0.3) is 0 Å². The largest absolute Gasteiger partial charge is 0.451 e. The van der Waals surface area contributed by atoms with Gasteiger partial charge in [0.05, 0.1) is 6.07 Å². The van der Waals surface area contributed by atoms with Crippen molar-refractivity contribution in [1.82, 2.24) is 10.2 Å². The van der Waals surface area contributed by atoms with Gasteiger partial charge in [-0.25, -0.2) is 9.59 Å². The number of esters is 1. The molecule has 2 atom stereocenters. The first-order valence-electron chi connectivity index (χ1n) is 9.78. The van der Waals surface area contributed by atoms with Crippen LogP contribution in [0.4, 0.5) is 4.79 Å². The average molecular weight is 400 g/mol. The number of benzene rings is 1. The second-order valence-corrected chi connectivity index (χ2v) is 7.43. The Morgan fingerprint density at radius 2 is 1.86 bits per heavy atom. The summed E-state index contributed by atoms with van der Waals surface area (Å²) in [7, 11) is 1.57. The molecule has 0 heterocycles. The fraction of sp³-hybridized carbons (Fsp3) is 0.524. The van der Waals surface area contributed by atoms with E-state index in [0.29, 0.717) is 12.8 Å². The van der Waals surface area contributed by atoms with Crippen LogP contribution >= 0.6 is 0 Å². The third kappa shape index (κ3) is 5.70. The van der Waals surface area contributed by atoms with Gasteiger partial charge in [0.2, 0.25) is 0 Å². The molecule has 8 heteroatoms. The first-order valence-corrected chi connectivity index (χ1v) is 9.78. The SMILES string of the molecule is C[C@H](OC(=O)[C@H](Cc1ccccc1)NC(N)=O)C(=O)N(C)C1(C#N)CCCCC1. The summed E-state index contributed by atoms with van der Waals surface area (Å²) in [6.45, 7) is 1.47. The number of carbonyl (C=O) groups excluding carboxylic acids is 3. The van der Waals surface area contributed by atoms with Gasteiger partial charge in [-0.3, -0.25) is 4.79 Å². The molecule has 0 aromatic heterocycles. The van der Waals surface area contributed by atoms with Crippen molar-refractivity contribution in [3.63, 3.8) is 0 Å². The molecule has 1 fully saturated rings. The van der Waals surface area contributed by atoms with Gasteiger partial charge in [0.15, 0.2) is 6.10 Å². The minimum Gasteiger partial charge on any atom is -0.451 e. The zero-order valence-corrected chi connectivity index (χ0v) is 16.9. The Kier molecular flexibility index (Phi) is 7.59. The average Bonchev–Trinajstić information content (AvgIpc) is 2.73. The number of rotatable bonds is 7. The van der Waals surface area contributed by atoms with E-state index in [9.17, 15) is 19.6 Å². The monoisotopic (exact) mass is 400 g/mol. The predicted octanol–water partition coefficient (Wildman–Crippen LogP) is 1.88. The molecule has 8 nitrogen and oxygen atoms in total. The van der Waals surface area contributed by atoms with E-state index in [1.165, 1.54) is 11.8 Å². The lowest BCUT2D eigenvalue weighted by Crippen LogP contribution is -2.54. The number of nitrogens with two attached hydrogens (primary N) is 1. The minimum absolute atomic E-state index is 0.182. The van der Waals surface area contributed by atoms with Crippen molar-refractivity contribution in [2.75, 3.05) is 7.05 Å². The third-order valence-corrected chi connectivity index (χ3v) is 5.39. The quantitative estimate of drug-likeness (QED) is 0.676. The van der Waals surface area contributed by atoms with E-state index in [2.05, 4.69) is 11.4 Å². The van der Waals surface area contributed by atoms with Crippen molar-refractivity contribution in [2.45, 2.75) is 63.1 Å². The lowest BCUT2D eigenvalue weighted by molar-refractivity contribution is -0.162. The molecule has 2 rings (SSSR count). The summed E-state index contributed by atoms with van der Waals surface area (Å²) in [5.41, 5.74) is 5.13. The molecule has 0 unspecified atom stereocenters. The first kappa shape index (κ1) is 22.2. The highest BCUT2D eigenvalue weighted by Gasteiger charge is 2.41. The normalized spacial score (nSPS) is 17.3. The topological polar surface area (TPSA) is 126 Å². The first-order chi connectivity index (χ1) is 13.8. The molecule has 0 spiro atoms. The van der Waals surface area contributed by atoms with E-state index in [4.69, 9.17) is 10.5 Å². The highest BCUT2D eigenvalue weighted by Crippen LogP contribution is 2.32.